The minimum atomic E-state index is -0.918. The highest BCUT2D eigenvalue weighted by Crippen LogP contribution is 2.47. The van der Waals surface area contributed by atoms with Gasteiger partial charge in [0.1, 0.15) is 11.5 Å². The van der Waals surface area contributed by atoms with Gasteiger partial charge in [0, 0.05) is 17.8 Å². The fourth-order valence-electron chi connectivity index (χ4n) is 8.79. The summed E-state index contributed by atoms with van der Waals surface area (Å²) in [5.74, 6) is 2.46. The van der Waals surface area contributed by atoms with Crippen molar-refractivity contribution in [3.05, 3.63) is 47.0 Å². The lowest BCUT2D eigenvalue weighted by atomic mass is 9.78. The van der Waals surface area contributed by atoms with Crippen molar-refractivity contribution >= 4 is 11.8 Å². The molecule has 10 unspecified atom stereocenters. The molecule has 0 spiro atoms. The average molecular weight is 660 g/mol. The Morgan fingerprint density at radius 1 is 0.739 bits per heavy atom. The van der Waals surface area contributed by atoms with E-state index in [1.165, 1.54) is 11.1 Å². The number of nitrogens with one attached hydrogen (secondary N) is 1. The lowest BCUT2D eigenvalue weighted by Crippen LogP contribution is -2.43. The Morgan fingerprint density at radius 3 is 1.78 bits per heavy atom. The maximum atomic E-state index is 11.3. The highest BCUT2D eigenvalue weighted by molar-refractivity contribution is 8.01. The van der Waals surface area contributed by atoms with Gasteiger partial charge in [-0.1, -0.05) is 31.6 Å². The molecule has 0 amide bonds. The fourth-order valence-corrected chi connectivity index (χ4v) is 10.3. The van der Waals surface area contributed by atoms with Gasteiger partial charge in [0.05, 0.1) is 41.1 Å². The Hall–Kier alpha value is -1.33. The molecule has 8 nitrogen and oxygen atoms in total. The van der Waals surface area contributed by atoms with Gasteiger partial charge in [-0.2, -0.15) is 0 Å². The molecule has 6 rings (SSSR count). The van der Waals surface area contributed by atoms with Crippen molar-refractivity contribution in [1.29, 1.82) is 0 Å². The first-order valence-electron chi connectivity index (χ1n) is 18.1. The SMILES string of the molecule is CCC(O)C1CCC(C(O)OC2=CC=C(OC(O)C3CCC(C(O)CC)CC3)C3SC(C4CC5C(C)=CC=C(C)C5O4)NC23)CC1. The molecule has 0 aromatic heterocycles. The summed E-state index contributed by atoms with van der Waals surface area (Å²) in [5, 5.41) is 46.8. The van der Waals surface area contributed by atoms with Gasteiger partial charge >= 0.3 is 0 Å². The van der Waals surface area contributed by atoms with Crippen LogP contribution in [0.3, 0.4) is 0 Å². The van der Waals surface area contributed by atoms with Crippen LogP contribution >= 0.6 is 11.8 Å². The third-order valence-corrected chi connectivity index (χ3v) is 13.5. The molecular weight excluding hydrogens is 602 g/mol. The van der Waals surface area contributed by atoms with Crippen LogP contribution in [0.25, 0.3) is 0 Å². The molecule has 2 aliphatic heterocycles. The Labute approximate surface area is 279 Å². The summed E-state index contributed by atoms with van der Waals surface area (Å²) in [4.78, 5) is 0. The maximum Gasteiger partial charge on any atom is 0.199 e. The standard InChI is InChI=1S/C37H57NO7S/c1-5-27(39)22-9-13-24(14-10-22)36(41)44-29-17-18-30(45-37(42)25-15-11-23(12-16-25)28(40)6-2)34-32(29)38-35(46-34)31-19-26-20(3)7-8-21(4)33(26)43-31/h7-8,17-18,22-28,31-42H,5-6,9-16,19H2,1-4H3. The number of aliphatic hydroxyl groups is 4. The van der Waals surface area contributed by atoms with Crippen LogP contribution in [0, 0.1) is 29.6 Å². The molecular formula is C37H57NO7S. The third kappa shape index (κ3) is 7.31. The highest BCUT2D eigenvalue weighted by Gasteiger charge is 2.50. The zero-order valence-corrected chi connectivity index (χ0v) is 28.9. The van der Waals surface area contributed by atoms with Crippen molar-refractivity contribution in [1.82, 2.24) is 5.32 Å². The van der Waals surface area contributed by atoms with Gasteiger partial charge in [-0.15, -0.1) is 11.8 Å². The van der Waals surface area contributed by atoms with E-state index in [0.29, 0.717) is 23.5 Å². The number of allylic oxidation sites excluding steroid dienone is 4. The smallest absolute Gasteiger partial charge is 0.199 e. The predicted octanol–water partition coefficient (Wildman–Crippen LogP) is 5.67. The molecule has 2 saturated heterocycles. The maximum absolute atomic E-state index is 11.3. The van der Waals surface area contributed by atoms with Crippen LogP contribution in [0.2, 0.25) is 0 Å². The van der Waals surface area contributed by atoms with E-state index in [2.05, 4.69) is 31.3 Å². The van der Waals surface area contributed by atoms with E-state index in [4.69, 9.17) is 14.2 Å². The Kier molecular flexibility index (Phi) is 11.3. The molecule has 258 valence electrons. The van der Waals surface area contributed by atoms with Crippen molar-refractivity contribution in [2.75, 3.05) is 0 Å². The van der Waals surface area contributed by atoms with E-state index < -0.39 is 12.6 Å². The van der Waals surface area contributed by atoms with Crippen LogP contribution in [0.1, 0.15) is 98.3 Å². The lowest BCUT2D eigenvalue weighted by molar-refractivity contribution is -0.128. The summed E-state index contributed by atoms with van der Waals surface area (Å²) in [6.07, 6.45) is 15.4. The zero-order valence-electron chi connectivity index (χ0n) is 28.1. The van der Waals surface area contributed by atoms with Crippen LogP contribution in [0.5, 0.6) is 0 Å². The number of ether oxygens (including phenoxy) is 3. The number of aliphatic hydroxyl groups excluding tert-OH is 4. The summed E-state index contributed by atoms with van der Waals surface area (Å²) in [7, 11) is 0. The Bertz CT molecular complexity index is 1080. The molecule has 2 heterocycles. The quantitative estimate of drug-likeness (QED) is 0.179. The number of fused-ring (bicyclic) bond motifs is 2. The van der Waals surface area contributed by atoms with Crippen molar-refractivity contribution in [2.45, 2.75) is 152 Å². The molecule has 2 saturated carbocycles. The van der Waals surface area contributed by atoms with E-state index in [-0.39, 0.29) is 52.9 Å². The van der Waals surface area contributed by atoms with E-state index in [1.807, 2.05) is 26.0 Å². The van der Waals surface area contributed by atoms with Crippen molar-refractivity contribution < 1.29 is 34.6 Å². The summed E-state index contributed by atoms with van der Waals surface area (Å²) >= 11 is 1.77. The molecule has 4 fully saturated rings. The second-order valence-electron chi connectivity index (χ2n) is 14.8. The largest absolute Gasteiger partial charge is 0.468 e. The zero-order chi connectivity index (χ0) is 32.5. The van der Waals surface area contributed by atoms with Crippen LogP contribution in [0.15, 0.2) is 47.0 Å². The van der Waals surface area contributed by atoms with Gasteiger partial charge in [-0.3, -0.25) is 5.32 Å². The molecule has 6 aliphatic rings. The number of thioether (sulfide) groups is 1. The second-order valence-corrected chi connectivity index (χ2v) is 16.1. The van der Waals surface area contributed by atoms with Crippen LogP contribution in [-0.4, -0.2) is 74.1 Å². The molecule has 0 aromatic rings. The lowest BCUT2D eigenvalue weighted by Gasteiger charge is -2.36. The first kappa shape index (κ1) is 34.5. The molecule has 0 bridgehead atoms. The third-order valence-electron chi connectivity index (χ3n) is 12.0. The second kappa shape index (κ2) is 15.1. The van der Waals surface area contributed by atoms with Crippen molar-refractivity contribution in [3.63, 3.8) is 0 Å². The number of hydrogen-bond donors (Lipinski definition) is 5. The topological polar surface area (TPSA) is 121 Å². The molecule has 46 heavy (non-hydrogen) atoms. The predicted molar refractivity (Wildman–Crippen MR) is 180 cm³/mol. The van der Waals surface area contributed by atoms with Gasteiger partial charge in [-0.05, 0) is 114 Å². The van der Waals surface area contributed by atoms with Crippen LogP contribution < -0.4 is 5.32 Å². The van der Waals surface area contributed by atoms with E-state index in [1.54, 1.807) is 11.8 Å². The van der Waals surface area contributed by atoms with Crippen molar-refractivity contribution in [2.24, 2.45) is 29.6 Å². The molecule has 0 radical (unpaired) electrons. The minimum Gasteiger partial charge on any atom is -0.468 e. The van der Waals surface area contributed by atoms with Crippen molar-refractivity contribution in [3.8, 4) is 0 Å². The Balaban J connectivity index is 1.14. The van der Waals surface area contributed by atoms with Gasteiger partial charge in [-0.25, -0.2) is 0 Å². The first-order chi connectivity index (χ1) is 22.2. The number of hydrogen-bond acceptors (Lipinski definition) is 9. The highest BCUT2D eigenvalue weighted by atomic mass is 32.2. The van der Waals surface area contributed by atoms with E-state index >= 15 is 0 Å². The summed E-state index contributed by atoms with van der Waals surface area (Å²) in [5.41, 5.74) is 2.62. The monoisotopic (exact) mass is 659 g/mol. The summed E-state index contributed by atoms with van der Waals surface area (Å²) in [6, 6.07) is -0.218. The Morgan fingerprint density at radius 2 is 1.24 bits per heavy atom. The van der Waals surface area contributed by atoms with Crippen LogP contribution in [0.4, 0.5) is 0 Å². The molecule has 9 heteroatoms. The summed E-state index contributed by atoms with van der Waals surface area (Å²) in [6.45, 7) is 8.39. The van der Waals surface area contributed by atoms with Crippen LogP contribution in [-0.2, 0) is 14.2 Å². The number of rotatable bonds is 11. The first-order valence-corrected chi connectivity index (χ1v) is 19.0. The fraction of sp³-hybridized carbons (Fsp3) is 0.784. The molecule has 0 aromatic carbocycles. The van der Waals surface area contributed by atoms with E-state index in [9.17, 15) is 20.4 Å². The van der Waals surface area contributed by atoms with Gasteiger partial charge in [0.25, 0.3) is 0 Å². The normalized spacial score (nSPS) is 40.3. The average Bonchev–Trinajstić information content (AvgIpc) is 3.74. The van der Waals surface area contributed by atoms with Gasteiger partial charge in [0.15, 0.2) is 12.6 Å². The minimum absolute atomic E-state index is 0.00419. The van der Waals surface area contributed by atoms with E-state index in [0.717, 1.165) is 76.4 Å². The summed E-state index contributed by atoms with van der Waals surface area (Å²) < 4.78 is 19.4. The van der Waals surface area contributed by atoms with Gasteiger partial charge in [0.2, 0.25) is 0 Å². The van der Waals surface area contributed by atoms with Gasteiger partial charge < -0.3 is 34.6 Å². The molecule has 5 N–H and O–H groups in total. The molecule has 4 aliphatic carbocycles. The molecule has 10 atom stereocenters.